The molecule has 164 valence electrons. The number of nitrogens with one attached hydrogen (secondary N) is 2. The molecule has 8 nitrogen and oxygen atoms in total. The Balaban J connectivity index is 1.97. The van der Waals surface area contributed by atoms with Gasteiger partial charge in [-0.3, -0.25) is 14.4 Å². The first-order valence-electron chi connectivity index (χ1n) is 10.1. The molecule has 0 radical (unpaired) electrons. The summed E-state index contributed by atoms with van der Waals surface area (Å²) < 4.78 is 0. The molecule has 1 heterocycles. The molecule has 3 amide bonds. The molecular weight excluding hydrogens is 406 g/mol. The second-order valence-corrected chi connectivity index (χ2v) is 8.30. The van der Waals surface area contributed by atoms with Crippen LogP contribution in [0.4, 0.5) is 4.79 Å². The maximum absolute atomic E-state index is 12.8. The fourth-order valence-electron chi connectivity index (χ4n) is 3.37. The Morgan fingerprint density at radius 2 is 1.93 bits per heavy atom. The SMILES string of the molecule is CCNC(=O)SCC(C)C(=O)N1CCC[C@H]1C(=O)N[C@@H](Cc1ccccc1)C(=O)O. The van der Waals surface area contributed by atoms with Gasteiger partial charge in [-0.2, -0.15) is 0 Å². The molecule has 1 aliphatic heterocycles. The van der Waals surface area contributed by atoms with E-state index in [0.717, 1.165) is 17.3 Å². The third-order valence-electron chi connectivity index (χ3n) is 4.94. The molecule has 2 rings (SSSR count). The quantitative estimate of drug-likeness (QED) is 0.546. The van der Waals surface area contributed by atoms with Gasteiger partial charge in [0.25, 0.3) is 5.24 Å². The van der Waals surface area contributed by atoms with Gasteiger partial charge in [0.2, 0.25) is 11.8 Å². The zero-order chi connectivity index (χ0) is 22.1. The highest BCUT2D eigenvalue weighted by Crippen LogP contribution is 2.22. The number of likely N-dealkylation sites (tertiary alicyclic amines) is 1. The molecule has 3 atom stereocenters. The zero-order valence-electron chi connectivity index (χ0n) is 17.3. The predicted octanol–water partition coefficient (Wildman–Crippen LogP) is 1.89. The smallest absolute Gasteiger partial charge is 0.326 e. The van der Waals surface area contributed by atoms with Crippen LogP contribution < -0.4 is 10.6 Å². The monoisotopic (exact) mass is 435 g/mol. The second kappa shape index (κ2) is 11.6. The van der Waals surface area contributed by atoms with E-state index in [1.807, 2.05) is 37.3 Å². The van der Waals surface area contributed by atoms with Crippen LogP contribution >= 0.6 is 11.8 Å². The minimum absolute atomic E-state index is 0.169. The van der Waals surface area contributed by atoms with E-state index in [2.05, 4.69) is 10.6 Å². The maximum atomic E-state index is 12.8. The Morgan fingerprint density at radius 1 is 1.23 bits per heavy atom. The first-order valence-corrected chi connectivity index (χ1v) is 11.1. The van der Waals surface area contributed by atoms with Crippen molar-refractivity contribution in [3.05, 3.63) is 35.9 Å². The number of nitrogens with zero attached hydrogens (tertiary/aromatic N) is 1. The number of amides is 3. The van der Waals surface area contributed by atoms with Gasteiger partial charge in [-0.1, -0.05) is 49.0 Å². The fourth-order valence-corrected chi connectivity index (χ4v) is 4.16. The minimum Gasteiger partial charge on any atom is -0.480 e. The Labute approximate surface area is 180 Å². The first kappa shape index (κ1) is 23.7. The van der Waals surface area contributed by atoms with Crippen molar-refractivity contribution < 1.29 is 24.3 Å². The molecule has 1 unspecified atom stereocenters. The van der Waals surface area contributed by atoms with Crippen molar-refractivity contribution in [3.8, 4) is 0 Å². The lowest BCUT2D eigenvalue weighted by molar-refractivity contribution is -0.144. The molecule has 1 aliphatic rings. The van der Waals surface area contributed by atoms with Crippen LogP contribution in [0, 0.1) is 5.92 Å². The minimum atomic E-state index is -1.12. The number of aliphatic carboxylic acids is 1. The summed E-state index contributed by atoms with van der Waals surface area (Å²) in [5.41, 5.74) is 0.806. The van der Waals surface area contributed by atoms with Gasteiger partial charge in [0, 0.05) is 31.2 Å². The van der Waals surface area contributed by atoms with Crippen molar-refractivity contribution in [1.82, 2.24) is 15.5 Å². The van der Waals surface area contributed by atoms with E-state index in [9.17, 15) is 24.3 Å². The van der Waals surface area contributed by atoms with Gasteiger partial charge < -0.3 is 20.6 Å². The number of benzene rings is 1. The topological polar surface area (TPSA) is 116 Å². The van der Waals surface area contributed by atoms with Gasteiger partial charge in [-0.25, -0.2) is 4.79 Å². The number of carboxylic acid groups (broad SMARTS) is 1. The molecule has 1 aromatic rings. The molecule has 0 aromatic heterocycles. The maximum Gasteiger partial charge on any atom is 0.326 e. The third kappa shape index (κ3) is 6.76. The zero-order valence-corrected chi connectivity index (χ0v) is 18.1. The number of carboxylic acids is 1. The summed E-state index contributed by atoms with van der Waals surface area (Å²) in [5.74, 6) is -1.87. The number of rotatable bonds is 9. The summed E-state index contributed by atoms with van der Waals surface area (Å²) in [6.45, 7) is 4.53. The van der Waals surface area contributed by atoms with E-state index in [0.29, 0.717) is 31.7 Å². The van der Waals surface area contributed by atoms with Crippen LogP contribution in [0.3, 0.4) is 0 Å². The van der Waals surface area contributed by atoms with Gasteiger partial charge in [-0.15, -0.1) is 0 Å². The number of hydrogen-bond donors (Lipinski definition) is 3. The van der Waals surface area contributed by atoms with Crippen molar-refractivity contribution in [2.75, 3.05) is 18.8 Å². The normalized spacial score (nSPS) is 17.8. The van der Waals surface area contributed by atoms with Gasteiger partial charge in [-0.05, 0) is 25.3 Å². The molecule has 0 bridgehead atoms. The lowest BCUT2D eigenvalue weighted by Gasteiger charge is -2.27. The fraction of sp³-hybridized carbons (Fsp3) is 0.524. The highest BCUT2D eigenvalue weighted by Gasteiger charge is 2.37. The van der Waals surface area contributed by atoms with Gasteiger partial charge >= 0.3 is 5.97 Å². The van der Waals surface area contributed by atoms with Crippen molar-refractivity contribution in [3.63, 3.8) is 0 Å². The molecular formula is C21H29N3O5S. The lowest BCUT2D eigenvalue weighted by Crippen LogP contribution is -2.52. The van der Waals surface area contributed by atoms with Crippen molar-refractivity contribution in [2.24, 2.45) is 5.92 Å². The number of carbonyl (C=O) groups is 4. The lowest BCUT2D eigenvalue weighted by atomic mass is 10.1. The third-order valence-corrected chi connectivity index (χ3v) is 6.02. The first-order chi connectivity index (χ1) is 14.3. The van der Waals surface area contributed by atoms with E-state index < -0.39 is 29.9 Å². The molecule has 30 heavy (non-hydrogen) atoms. The van der Waals surface area contributed by atoms with Gasteiger partial charge in [0.05, 0.1) is 0 Å². The second-order valence-electron chi connectivity index (χ2n) is 7.31. The molecule has 0 spiro atoms. The summed E-state index contributed by atoms with van der Waals surface area (Å²) in [4.78, 5) is 50.4. The number of thioether (sulfide) groups is 1. The van der Waals surface area contributed by atoms with Crippen LogP contribution in [0.5, 0.6) is 0 Å². The molecule has 9 heteroatoms. The average Bonchev–Trinajstić information content (AvgIpc) is 3.21. The van der Waals surface area contributed by atoms with Crippen LogP contribution in [0.15, 0.2) is 30.3 Å². The molecule has 0 aliphatic carbocycles. The van der Waals surface area contributed by atoms with E-state index in [-0.39, 0.29) is 17.6 Å². The van der Waals surface area contributed by atoms with E-state index in [4.69, 9.17) is 0 Å². The standard InChI is InChI=1S/C21H29N3O5S/c1-3-22-21(29)30-13-14(2)19(26)24-11-7-10-17(24)18(25)23-16(20(27)28)12-15-8-5-4-6-9-15/h4-6,8-9,14,16-17H,3,7,10-13H2,1-2H3,(H,22,29)(H,23,25)(H,27,28)/t14?,16-,17-/m0/s1. The van der Waals surface area contributed by atoms with Crippen molar-refractivity contribution >= 4 is 34.8 Å². The van der Waals surface area contributed by atoms with Gasteiger partial charge in [0.15, 0.2) is 0 Å². The van der Waals surface area contributed by atoms with E-state index in [1.54, 1.807) is 6.92 Å². The molecule has 0 saturated carbocycles. The Kier molecular flexibility index (Phi) is 9.16. The van der Waals surface area contributed by atoms with Crippen LogP contribution in [-0.4, -0.2) is 64.0 Å². The van der Waals surface area contributed by atoms with E-state index >= 15 is 0 Å². The highest BCUT2D eigenvalue weighted by atomic mass is 32.2. The molecule has 1 fully saturated rings. The van der Waals surface area contributed by atoms with Crippen LogP contribution in [0.1, 0.15) is 32.3 Å². The Bertz CT molecular complexity index is 758. The van der Waals surface area contributed by atoms with Crippen LogP contribution in [-0.2, 0) is 20.8 Å². The summed E-state index contributed by atoms with van der Waals surface area (Å²) in [6, 6.07) is 7.32. The summed E-state index contributed by atoms with van der Waals surface area (Å²) in [7, 11) is 0. The summed E-state index contributed by atoms with van der Waals surface area (Å²) in [6.07, 6.45) is 1.34. The molecule has 1 aromatic carbocycles. The largest absolute Gasteiger partial charge is 0.480 e. The van der Waals surface area contributed by atoms with Crippen LogP contribution in [0.2, 0.25) is 0 Å². The average molecular weight is 436 g/mol. The number of hydrogen-bond acceptors (Lipinski definition) is 5. The highest BCUT2D eigenvalue weighted by molar-refractivity contribution is 8.13. The summed E-state index contributed by atoms with van der Waals surface area (Å²) >= 11 is 1.05. The predicted molar refractivity (Wildman–Crippen MR) is 115 cm³/mol. The van der Waals surface area contributed by atoms with Crippen molar-refractivity contribution in [2.45, 2.75) is 45.2 Å². The summed E-state index contributed by atoms with van der Waals surface area (Å²) in [5, 5.41) is 14.6. The van der Waals surface area contributed by atoms with Gasteiger partial charge in [0.1, 0.15) is 12.1 Å². The Morgan fingerprint density at radius 3 is 2.57 bits per heavy atom. The van der Waals surface area contributed by atoms with Crippen LogP contribution in [0.25, 0.3) is 0 Å². The molecule has 1 saturated heterocycles. The molecule has 3 N–H and O–H groups in total. The Hall–Kier alpha value is -2.55. The van der Waals surface area contributed by atoms with E-state index in [1.165, 1.54) is 4.90 Å². The number of carbonyl (C=O) groups excluding carboxylic acids is 3. The van der Waals surface area contributed by atoms with Crippen molar-refractivity contribution in [1.29, 1.82) is 0 Å².